The second kappa shape index (κ2) is 5.57. The minimum atomic E-state index is -0.368. The number of halogens is 1. The van der Waals surface area contributed by atoms with Crippen LogP contribution >= 0.6 is 11.6 Å². The molecule has 3 nitrogen and oxygen atoms in total. The average Bonchev–Trinajstić information content (AvgIpc) is 3.17. The standard InChI is InChI=1S/C16H19ClN2O/c1-2-16(10-6-7-11-16)15-19-18-14(20-15)13(17)12-8-4-3-5-9-12/h3-5,8-9,13H,2,6-7,10-11H2,1H3. The molecule has 1 aliphatic carbocycles. The first-order chi connectivity index (χ1) is 9.75. The predicted octanol–water partition coefficient (Wildman–Crippen LogP) is 4.62. The smallest absolute Gasteiger partial charge is 0.238 e. The second-order valence-corrected chi connectivity index (χ2v) is 6.00. The van der Waals surface area contributed by atoms with Crippen molar-refractivity contribution in [3.8, 4) is 0 Å². The van der Waals surface area contributed by atoms with Gasteiger partial charge in [0.25, 0.3) is 0 Å². The topological polar surface area (TPSA) is 38.9 Å². The SMILES string of the molecule is CCC1(c2nnc(C(Cl)c3ccccc3)o2)CCCC1. The third kappa shape index (κ3) is 2.35. The lowest BCUT2D eigenvalue weighted by molar-refractivity contribution is 0.306. The molecule has 0 N–H and O–H groups in total. The van der Waals surface area contributed by atoms with Gasteiger partial charge in [-0.2, -0.15) is 0 Å². The van der Waals surface area contributed by atoms with Crippen LogP contribution in [0.3, 0.4) is 0 Å². The fourth-order valence-electron chi connectivity index (χ4n) is 3.09. The third-order valence-corrected chi connectivity index (χ3v) is 4.88. The Kier molecular flexibility index (Phi) is 3.79. The van der Waals surface area contributed by atoms with Crippen molar-refractivity contribution in [3.63, 3.8) is 0 Å². The summed E-state index contributed by atoms with van der Waals surface area (Å²) in [5.41, 5.74) is 1.07. The Bertz CT molecular complexity index is 561. The van der Waals surface area contributed by atoms with Crippen LogP contribution in [0.2, 0.25) is 0 Å². The van der Waals surface area contributed by atoms with Gasteiger partial charge in [-0.3, -0.25) is 0 Å². The molecule has 1 aromatic carbocycles. The number of hydrogen-bond acceptors (Lipinski definition) is 3. The molecule has 0 aliphatic heterocycles. The number of rotatable bonds is 4. The summed E-state index contributed by atoms with van der Waals surface area (Å²) in [6, 6.07) is 9.86. The number of benzene rings is 1. The summed E-state index contributed by atoms with van der Waals surface area (Å²) >= 11 is 6.44. The summed E-state index contributed by atoms with van der Waals surface area (Å²) in [4.78, 5) is 0. The highest BCUT2D eigenvalue weighted by molar-refractivity contribution is 6.22. The van der Waals surface area contributed by atoms with Crippen LogP contribution in [0, 0.1) is 0 Å². The van der Waals surface area contributed by atoms with Crippen LogP contribution in [0.4, 0.5) is 0 Å². The molecule has 0 bridgehead atoms. The third-order valence-electron chi connectivity index (χ3n) is 4.44. The van der Waals surface area contributed by atoms with Crippen molar-refractivity contribution in [2.45, 2.75) is 49.8 Å². The Balaban J connectivity index is 1.87. The van der Waals surface area contributed by atoms with Gasteiger partial charge in [-0.05, 0) is 24.8 Å². The molecular weight excluding hydrogens is 272 g/mol. The Labute approximate surface area is 124 Å². The fraction of sp³-hybridized carbons (Fsp3) is 0.500. The van der Waals surface area contributed by atoms with Gasteiger partial charge < -0.3 is 4.42 Å². The Morgan fingerprint density at radius 3 is 2.55 bits per heavy atom. The lowest BCUT2D eigenvalue weighted by Crippen LogP contribution is -2.21. The maximum Gasteiger partial charge on any atom is 0.238 e. The number of aromatic nitrogens is 2. The van der Waals surface area contributed by atoms with Crippen molar-refractivity contribution in [2.75, 3.05) is 0 Å². The lowest BCUT2D eigenvalue weighted by atomic mass is 9.83. The van der Waals surface area contributed by atoms with E-state index in [4.69, 9.17) is 16.0 Å². The van der Waals surface area contributed by atoms with Gasteiger partial charge in [0, 0.05) is 5.41 Å². The minimum absolute atomic E-state index is 0.0819. The number of hydrogen-bond donors (Lipinski definition) is 0. The monoisotopic (exact) mass is 290 g/mol. The summed E-state index contributed by atoms with van der Waals surface area (Å²) < 4.78 is 5.92. The molecule has 1 fully saturated rings. The van der Waals surface area contributed by atoms with Gasteiger partial charge in [-0.1, -0.05) is 50.1 Å². The van der Waals surface area contributed by atoms with Gasteiger partial charge >= 0.3 is 0 Å². The molecular formula is C16H19ClN2O. The van der Waals surface area contributed by atoms with Gasteiger partial charge in [-0.25, -0.2) is 0 Å². The molecule has 1 saturated carbocycles. The van der Waals surface area contributed by atoms with Crippen molar-refractivity contribution in [1.82, 2.24) is 10.2 Å². The van der Waals surface area contributed by atoms with E-state index in [9.17, 15) is 0 Å². The van der Waals surface area contributed by atoms with Crippen molar-refractivity contribution in [3.05, 3.63) is 47.7 Å². The molecule has 0 amide bonds. The zero-order chi connectivity index (χ0) is 14.0. The maximum absolute atomic E-state index is 6.44. The van der Waals surface area contributed by atoms with Crippen molar-refractivity contribution in [1.29, 1.82) is 0 Å². The van der Waals surface area contributed by atoms with Crippen LogP contribution in [0.1, 0.15) is 61.7 Å². The molecule has 1 aromatic heterocycles. The molecule has 20 heavy (non-hydrogen) atoms. The van der Waals surface area contributed by atoms with Gasteiger partial charge in [-0.15, -0.1) is 21.8 Å². The first-order valence-corrected chi connectivity index (χ1v) is 7.72. The van der Waals surface area contributed by atoms with Crippen LogP contribution in [0.25, 0.3) is 0 Å². The van der Waals surface area contributed by atoms with Gasteiger partial charge in [0.15, 0.2) is 0 Å². The van der Waals surface area contributed by atoms with E-state index in [-0.39, 0.29) is 10.8 Å². The van der Waals surface area contributed by atoms with E-state index in [2.05, 4.69) is 17.1 Å². The summed E-state index contributed by atoms with van der Waals surface area (Å²) in [5.74, 6) is 1.28. The summed E-state index contributed by atoms with van der Waals surface area (Å²) in [5, 5.41) is 8.10. The predicted molar refractivity (Wildman–Crippen MR) is 78.9 cm³/mol. The highest BCUT2D eigenvalue weighted by Gasteiger charge is 2.39. The van der Waals surface area contributed by atoms with Crippen LogP contribution in [0.15, 0.2) is 34.7 Å². The van der Waals surface area contributed by atoms with E-state index in [0.717, 1.165) is 30.7 Å². The van der Waals surface area contributed by atoms with E-state index in [1.807, 2.05) is 30.3 Å². The molecule has 2 aromatic rings. The van der Waals surface area contributed by atoms with Gasteiger partial charge in [0.05, 0.1) is 0 Å². The van der Waals surface area contributed by atoms with E-state index in [0.29, 0.717) is 5.89 Å². The summed E-state index contributed by atoms with van der Waals surface area (Å²) in [6.45, 7) is 2.20. The summed E-state index contributed by atoms with van der Waals surface area (Å²) in [7, 11) is 0. The molecule has 0 radical (unpaired) electrons. The van der Waals surface area contributed by atoms with Crippen molar-refractivity contribution in [2.24, 2.45) is 0 Å². The zero-order valence-electron chi connectivity index (χ0n) is 11.7. The molecule has 1 aliphatic rings. The molecule has 0 saturated heterocycles. The summed E-state index contributed by atoms with van der Waals surface area (Å²) in [6.07, 6.45) is 5.82. The van der Waals surface area contributed by atoms with Crippen molar-refractivity contribution < 1.29 is 4.42 Å². The van der Waals surface area contributed by atoms with E-state index < -0.39 is 0 Å². The Morgan fingerprint density at radius 1 is 1.20 bits per heavy atom. The maximum atomic E-state index is 6.44. The first kappa shape index (κ1) is 13.6. The normalized spacial score (nSPS) is 19.1. The highest BCUT2D eigenvalue weighted by atomic mass is 35.5. The first-order valence-electron chi connectivity index (χ1n) is 7.28. The van der Waals surface area contributed by atoms with E-state index in [1.54, 1.807) is 0 Å². The zero-order valence-corrected chi connectivity index (χ0v) is 12.4. The molecule has 0 spiro atoms. The largest absolute Gasteiger partial charge is 0.423 e. The Morgan fingerprint density at radius 2 is 1.90 bits per heavy atom. The highest BCUT2D eigenvalue weighted by Crippen LogP contribution is 2.43. The van der Waals surface area contributed by atoms with Crippen molar-refractivity contribution >= 4 is 11.6 Å². The second-order valence-electron chi connectivity index (χ2n) is 5.56. The van der Waals surface area contributed by atoms with Gasteiger partial charge in [0.1, 0.15) is 5.38 Å². The van der Waals surface area contributed by atoms with Crippen LogP contribution in [-0.4, -0.2) is 10.2 Å². The minimum Gasteiger partial charge on any atom is -0.423 e. The van der Waals surface area contributed by atoms with E-state index in [1.165, 1.54) is 12.8 Å². The number of nitrogens with zero attached hydrogens (tertiary/aromatic N) is 2. The van der Waals surface area contributed by atoms with Crippen LogP contribution in [0.5, 0.6) is 0 Å². The number of alkyl halides is 1. The van der Waals surface area contributed by atoms with Crippen LogP contribution in [-0.2, 0) is 5.41 Å². The van der Waals surface area contributed by atoms with Gasteiger partial charge in [0.2, 0.25) is 11.8 Å². The lowest BCUT2D eigenvalue weighted by Gasteiger charge is -2.22. The molecule has 1 heterocycles. The average molecular weight is 291 g/mol. The quantitative estimate of drug-likeness (QED) is 0.771. The molecule has 1 atom stereocenters. The Hall–Kier alpha value is -1.35. The molecule has 3 rings (SSSR count). The molecule has 4 heteroatoms. The van der Waals surface area contributed by atoms with E-state index >= 15 is 0 Å². The molecule has 1 unspecified atom stereocenters. The molecule has 106 valence electrons. The van der Waals surface area contributed by atoms with Crippen LogP contribution < -0.4 is 0 Å². The fourth-order valence-corrected chi connectivity index (χ4v) is 3.32.